The fraction of sp³-hybridized carbons (Fsp3) is 0.421. The molecule has 0 N–H and O–H groups in total. The van der Waals surface area contributed by atoms with Gasteiger partial charge in [0.1, 0.15) is 11.5 Å². The van der Waals surface area contributed by atoms with E-state index in [4.69, 9.17) is 16.0 Å². The van der Waals surface area contributed by atoms with Gasteiger partial charge in [-0.25, -0.2) is 0 Å². The topological polar surface area (TPSA) is 39.9 Å². The van der Waals surface area contributed by atoms with Gasteiger partial charge in [-0.3, -0.25) is 9.69 Å². The number of likely N-dealkylation sites (N-methyl/N-ethyl adjacent to an activating group) is 1. The van der Waals surface area contributed by atoms with Crippen molar-refractivity contribution in [3.8, 4) is 0 Å². The van der Waals surface area contributed by atoms with E-state index in [1.54, 1.807) is 4.90 Å². The maximum Gasteiger partial charge on any atom is 0.236 e. The molecule has 0 atom stereocenters. The van der Waals surface area contributed by atoms with Crippen LogP contribution >= 0.6 is 11.6 Å². The van der Waals surface area contributed by atoms with Crippen LogP contribution in [0.3, 0.4) is 0 Å². The SMILES string of the molecule is Cc1ccc(CN(C)C(=O)CN2CCN(c3ccccc3Cl)CC2)o1. The van der Waals surface area contributed by atoms with Crippen molar-refractivity contribution in [2.45, 2.75) is 13.5 Å². The van der Waals surface area contributed by atoms with Gasteiger partial charge >= 0.3 is 0 Å². The van der Waals surface area contributed by atoms with Gasteiger partial charge in [0.2, 0.25) is 5.91 Å². The first kappa shape index (κ1) is 17.8. The lowest BCUT2D eigenvalue weighted by molar-refractivity contribution is -0.132. The van der Waals surface area contributed by atoms with Crippen molar-refractivity contribution in [3.05, 3.63) is 52.9 Å². The fourth-order valence-electron chi connectivity index (χ4n) is 3.06. The second-order valence-corrected chi connectivity index (χ2v) is 6.88. The number of halogens is 1. The quantitative estimate of drug-likeness (QED) is 0.820. The summed E-state index contributed by atoms with van der Waals surface area (Å²) in [6, 6.07) is 11.7. The Kier molecular flexibility index (Phi) is 5.66. The summed E-state index contributed by atoms with van der Waals surface area (Å²) in [6.45, 7) is 6.30. The lowest BCUT2D eigenvalue weighted by Gasteiger charge is -2.36. The number of nitrogens with zero attached hydrogens (tertiary/aromatic N) is 3. The zero-order valence-corrected chi connectivity index (χ0v) is 15.5. The standard InChI is InChI=1S/C19H24ClN3O2/c1-15-7-8-16(25-15)13-21(2)19(24)14-22-9-11-23(12-10-22)18-6-4-3-5-17(18)20/h3-8H,9-14H2,1-2H3. The van der Waals surface area contributed by atoms with Crippen LogP contribution in [0.4, 0.5) is 5.69 Å². The number of para-hydroxylation sites is 1. The molecule has 0 bridgehead atoms. The highest BCUT2D eigenvalue weighted by Gasteiger charge is 2.22. The number of benzene rings is 1. The minimum Gasteiger partial charge on any atom is -0.464 e. The Morgan fingerprint density at radius 2 is 1.88 bits per heavy atom. The molecule has 0 unspecified atom stereocenters. The van der Waals surface area contributed by atoms with E-state index in [1.165, 1.54) is 0 Å². The predicted molar refractivity (Wildman–Crippen MR) is 100 cm³/mol. The van der Waals surface area contributed by atoms with Gasteiger partial charge in [-0.15, -0.1) is 0 Å². The number of aryl methyl sites for hydroxylation is 1. The normalized spacial score (nSPS) is 15.4. The van der Waals surface area contributed by atoms with Crippen LogP contribution in [0.1, 0.15) is 11.5 Å². The molecule has 0 aliphatic carbocycles. The molecule has 5 nitrogen and oxygen atoms in total. The van der Waals surface area contributed by atoms with E-state index in [0.717, 1.165) is 48.4 Å². The van der Waals surface area contributed by atoms with Gasteiger partial charge in [-0.05, 0) is 31.2 Å². The van der Waals surface area contributed by atoms with Gasteiger partial charge in [0.15, 0.2) is 0 Å². The van der Waals surface area contributed by atoms with Crippen LogP contribution in [0.25, 0.3) is 0 Å². The number of hydrogen-bond donors (Lipinski definition) is 0. The van der Waals surface area contributed by atoms with E-state index in [9.17, 15) is 4.79 Å². The first-order valence-electron chi connectivity index (χ1n) is 8.54. The second kappa shape index (κ2) is 7.93. The van der Waals surface area contributed by atoms with Crippen molar-refractivity contribution in [3.63, 3.8) is 0 Å². The summed E-state index contributed by atoms with van der Waals surface area (Å²) in [4.78, 5) is 18.6. The van der Waals surface area contributed by atoms with Crippen LogP contribution in [-0.4, -0.2) is 55.5 Å². The minimum atomic E-state index is 0.111. The molecule has 25 heavy (non-hydrogen) atoms. The highest BCUT2D eigenvalue weighted by molar-refractivity contribution is 6.33. The minimum absolute atomic E-state index is 0.111. The van der Waals surface area contributed by atoms with Gasteiger partial charge in [0, 0.05) is 33.2 Å². The molecule has 1 aromatic heterocycles. The van der Waals surface area contributed by atoms with Crippen molar-refractivity contribution in [1.82, 2.24) is 9.80 Å². The monoisotopic (exact) mass is 361 g/mol. The highest BCUT2D eigenvalue weighted by atomic mass is 35.5. The smallest absolute Gasteiger partial charge is 0.236 e. The first-order valence-corrected chi connectivity index (χ1v) is 8.92. The van der Waals surface area contributed by atoms with Crippen molar-refractivity contribution in [2.75, 3.05) is 44.7 Å². The van der Waals surface area contributed by atoms with Gasteiger partial charge < -0.3 is 14.2 Å². The van der Waals surface area contributed by atoms with E-state index >= 15 is 0 Å². The molecule has 1 aromatic carbocycles. The summed E-state index contributed by atoms with van der Waals surface area (Å²) < 4.78 is 5.54. The molecule has 1 amide bonds. The van der Waals surface area contributed by atoms with Crippen LogP contribution in [-0.2, 0) is 11.3 Å². The van der Waals surface area contributed by atoms with Crippen LogP contribution in [0.5, 0.6) is 0 Å². The first-order chi connectivity index (χ1) is 12.0. The van der Waals surface area contributed by atoms with Gasteiger partial charge in [-0.1, -0.05) is 23.7 Å². The van der Waals surface area contributed by atoms with Crippen LogP contribution in [0.2, 0.25) is 5.02 Å². The Balaban J connectivity index is 1.48. The van der Waals surface area contributed by atoms with Crippen molar-refractivity contribution in [1.29, 1.82) is 0 Å². The summed E-state index contributed by atoms with van der Waals surface area (Å²) >= 11 is 6.27. The van der Waals surface area contributed by atoms with E-state index in [2.05, 4.69) is 9.80 Å². The van der Waals surface area contributed by atoms with Crippen LogP contribution < -0.4 is 4.90 Å². The Hall–Kier alpha value is -1.98. The number of carbonyl (C=O) groups excluding carboxylic acids is 1. The highest BCUT2D eigenvalue weighted by Crippen LogP contribution is 2.26. The third kappa shape index (κ3) is 4.55. The van der Waals surface area contributed by atoms with Crippen molar-refractivity contribution < 1.29 is 9.21 Å². The summed E-state index contributed by atoms with van der Waals surface area (Å²) in [5.74, 6) is 1.80. The number of rotatable bonds is 5. The average Bonchev–Trinajstić information content (AvgIpc) is 3.01. The number of hydrogen-bond acceptors (Lipinski definition) is 4. The zero-order valence-electron chi connectivity index (χ0n) is 14.7. The Morgan fingerprint density at radius 3 is 2.52 bits per heavy atom. The van der Waals surface area contributed by atoms with E-state index < -0.39 is 0 Å². The third-order valence-corrected chi connectivity index (χ3v) is 4.86. The van der Waals surface area contributed by atoms with Crippen LogP contribution in [0.15, 0.2) is 40.8 Å². The summed E-state index contributed by atoms with van der Waals surface area (Å²) in [5, 5.41) is 0.778. The van der Waals surface area contributed by atoms with Gasteiger partial charge in [0.25, 0.3) is 0 Å². The largest absolute Gasteiger partial charge is 0.464 e. The van der Waals surface area contributed by atoms with Gasteiger partial charge in [0.05, 0.1) is 23.8 Å². The summed E-state index contributed by atoms with van der Waals surface area (Å²) in [6.07, 6.45) is 0. The fourth-order valence-corrected chi connectivity index (χ4v) is 3.31. The molecule has 3 rings (SSSR count). The van der Waals surface area contributed by atoms with Crippen molar-refractivity contribution in [2.24, 2.45) is 0 Å². The lowest BCUT2D eigenvalue weighted by atomic mass is 10.2. The van der Waals surface area contributed by atoms with Crippen molar-refractivity contribution >= 4 is 23.2 Å². The molecule has 0 saturated carbocycles. The molecule has 134 valence electrons. The maximum atomic E-state index is 12.4. The Labute approximate surface area is 153 Å². The molecule has 1 aliphatic heterocycles. The molecule has 2 aromatic rings. The molecule has 1 aliphatic rings. The number of carbonyl (C=O) groups is 1. The average molecular weight is 362 g/mol. The molecular formula is C19H24ClN3O2. The number of anilines is 1. The number of furan rings is 1. The van der Waals surface area contributed by atoms with Crippen LogP contribution in [0, 0.1) is 6.92 Å². The number of amides is 1. The summed E-state index contributed by atoms with van der Waals surface area (Å²) in [7, 11) is 1.82. The molecule has 0 spiro atoms. The number of piperazine rings is 1. The third-order valence-electron chi connectivity index (χ3n) is 4.54. The maximum absolute atomic E-state index is 12.4. The predicted octanol–water partition coefficient (Wildman–Crippen LogP) is 3.02. The Morgan fingerprint density at radius 1 is 1.16 bits per heavy atom. The molecular weight excluding hydrogens is 338 g/mol. The molecule has 2 heterocycles. The molecule has 1 fully saturated rings. The van der Waals surface area contributed by atoms with Gasteiger partial charge in [-0.2, -0.15) is 0 Å². The summed E-state index contributed by atoms with van der Waals surface area (Å²) in [5.41, 5.74) is 1.07. The lowest BCUT2D eigenvalue weighted by Crippen LogP contribution is -2.49. The Bertz CT molecular complexity index is 723. The molecule has 0 radical (unpaired) electrons. The molecule has 6 heteroatoms. The van der Waals surface area contributed by atoms with E-state index in [-0.39, 0.29) is 5.91 Å². The zero-order chi connectivity index (χ0) is 17.8. The second-order valence-electron chi connectivity index (χ2n) is 6.48. The van der Waals surface area contributed by atoms with E-state index in [1.807, 2.05) is 50.4 Å². The van der Waals surface area contributed by atoms with E-state index in [0.29, 0.717) is 13.1 Å². The molecule has 1 saturated heterocycles.